The van der Waals surface area contributed by atoms with E-state index in [0.717, 1.165) is 22.9 Å². The largest absolute Gasteiger partial charge is 0.416 e. The van der Waals surface area contributed by atoms with Crippen LogP contribution in [0.2, 0.25) is 10.0 Å². The van der Waals surface area contributed by atoms with E-state index in [0.29, 0.717) is 17.4 Å². The van der Waals surface area contributed by atoms with Gasteiger partial charge >= 0.3 is 16.3 Å². The maximum absolute atomic E-state index is 12.9. The normalized spacial score (nSPS) is 12.2. The molecule has 160 valence electrons. The minimum atomic E-state index is -4.71. The average Bonchev–Trinajstić information content (AvgIpc) is 3.05. The Morgan fingerprint density at radius 3 is 2.43 bits per heavy atom. The van der Waals surface area contributed by atoms with E-state index in [4.69, 9.17) is 32.1 Å². The lowest BCUT2D eigenvalue weighted by atomic mass is 10.2. The van der Waals surface area contributed by atoms with Gasteiger partial charge in [0.1, 0.15) is 4.90 Å². The number of aromatic nitrogens is 2. The second-order valence-electron chi connectivity index (χ2n) is 5.98. The molecule has 0 N–H and O–H groups in total. The third-order valence-electron chi connectivity index (χ3n) is 3.81. The van der Waals surface area contributed by atoms with Crippen molar-refractivity contribution in [2.75, 3.05) is 7.11 Å². The summed E-state index contributed by atoms with van der Waals surface area (Å²) in [5.74, 6) is -0.266. The second kappa shape index (κ2) is 8.46. The Bertz CT molecular complexity index is 1180. The molecule has 2 aromatic carbocycles. The van der Waals surface area contributed by atoms with Crippen molar-refractivity contribution < 1.29 is 30.5 Å². The van der Waals surface area contributed by atoms with E-state index in [1.807, 2.05) is 0 Å². The van der Waals surface area contributed by atoms with E-state index < -0.39 is 26.8 Å². The highest BCUT2D eigenvalue weighted by Crippen LogP contribution is 2.32. The molecule has 0 spiro atoms. The van der Waals surface area contributed by atoms with Gasteiger partial charge in [-0.15, -0.1) is 0 Å². The van der Waals surface area contributed by atoms with Gasteiger partial charge in [0, 0.05) is 13.2 Å². The van der Waals surface area contributed by atoms with Gasteiger partial charge in [-0.05, 0) is 36.4 Å². The summed E-state index contributed by atoms with van der Waals surface area (Å²) < 4.78 is 75.3. The van der Waals surface area contributed by atoms with Crippen LogP contribution in [0.25, 0.3) is 5.69 Å². The Balaban J connectivity index is 2.04. The number of benzene rings is 2. The fourth-order valence-electron chi connectivity index (χ4n) is 2.48. The standard InChI is InChI=1S/C18H13Cl2F3N2O4S/c1-28-10-12-8-17(25(24-12)13-5-6-15(19)16(20)9-13)29-30(26,27)14-4-2-3-11(7-14)18(21,22)23/h2-9H,10H2,1H3. The number of methoxy groups -OCH3 is 1. The first-order chi connectivity index (χ1) is 14.0. The predicted molar refractivity (Wildman–Crippen MR) is 104 cm³/mol. The van der Waals surface area contributed by atoms with E-state index in [2.05, 4.69) is 5.10 Å². The van der Waals surface area contributed by atoms with E-state index in [1.165, 1.54) is 31.4 Å². The van der Waals surface area contributed by atoms with Crippen LogP contribution in [0, 0.1) is 0 Å². The maximum atomic E-state index is 12.9. The Kier molecular flexibility index (Phi) is 6.32. The maximum Gasteiger partial charge on any atom is 0.416 e. The number of hydrogen-bond donors (Lipinski definition) is 0. The zero-order chi connectivity index (χ0) is 22.1. The van der Waals surface area contributed by atoms with Gasteiger partial charge in [-0.3, -0.25) is 0 Å². The lowest BCUT2D eigenvalue weighted by molar-refractivity contribution is -0.137. The van der Waals surface area contributed by atoms with Crippen molar-refractivity contribution in [3.05, 3.63) is 69.8 Å². The number of nitrogens with zero attached hydrogens (tertiary/aromatic N) is 2. The molecular formula is C18H13Cl2F3N2O4S. The summed E-state index contributed by atoms with van der Waals surface area (Å²) in [5.41, 5.74) is -0.482. The Morgan fingerprint density at radius 1 is 1.07 bits per heavy atom. The summed E-state index contributed by atoms with van der Waals surface area (Å²) in [6.07, 6.45) is -4.71. The minimum Gasteiger partial charge on any atom is -0.378 e. The Labute approximate surface area is 179 Å². The number of hydrogen-bond acceptors (Lipinski definition) is 5. The number of halogens is 5. The fraction of sp³-hybridized carbons (Fsp3) is 0.167. The molecule has 3 aromatic rings. The van der Waals surface area contributed by atoms with Crippen LogP contribution >= 0.6 is 23.2 Å². The molecule has 0 fully saturated rings. The SMILES string of the molecule is COCc1cc(OS(=O)(=O)c2cccc(C(F)(F)F)c2)n(-c2ccc(Cl)c(Cl)c2)n1. The molecule has 0 aliphatic carbocycles. The Hall–Kier alpha value is -2.27. The summed E-state index contributed by atoms with van der Waals surface area (Å²) in [7, 11) is -3.19. The predicted octanol–water partition coefficient (Wildman–Crippen LogP) is 5.11. The highest BCUT2D eigenvalue weighted by molar-refractivity contribution is 7.87. The molecule has 0 aliphatic heterocycles. The van der Waals surface area contributed by atoms with E-state index in [9.17, 15) is 21.6 Å². The summed E-state index contributed by atoms with van der Waals surface area (Å²) in [6, 6.07) is 8.94. The van der Waals surface area contributed by atoms with E-state index in [1.54, 1.807) is 0 Å². The number of rotatable bonds is 6. The zero-order valence-corrected chi connectivity index (χ0v) is 17.5. The van der Waals surface area contributed by atoms with Crippen molar-refractivity contribution in [2.45, 2.75) is 17.7 Å². The van der Waals surface area contributed by atoms with Crippen LogP contribution in [0.5, 0.6) is 5.88 Å². The molecule has 3 rings (SSSR count). The summed E-state index contributed by atoms with van der Waals surface area (Å²) in [4.78, 5) is -0.660. The van der Waals surface area contributed by atoms with Gasteiger partial charge in [0.25, 0.3) is 0 Å². The highest BCUT2D eigenvalue weighted by Gasteiger charge is 2.32. The van der Waals surface area contributed by atoms with Crippen molar-refractivity contribution in [1.82, 2.24) is 9.78 Å². The molecular weight excluding hydrogens is 468 g/mol. The first-order valence-electron chi connectivity index (χ1n) is 8.16. The monoisotopic (exact) mass is 480 g/mol. The first kappa shape index (κ1) is 22.4. The topological polar surface area (TPSA) is 70.4 Å². The fourth-order valence-corrected chi connectivity index (χ4v) is 3.73. The van der Waals surface area contributed by atoms with Crippen molar-refractivity contribution in [1.29, 1.82) is 0 Å². The molecule has 30 heavy (non-hydrogen) atoms. The zero-order valence-electron chi connectivity index (χ0n) is 15.2. The van der Waals surface area contributed by atoms with Crippen LogP contribution in [-0.2, 0) is 27.6 Å². The lowest BCUT2D eigenvalue weighted by Crippen LogP contribution is -2.14. The molecule has 0 bridgehead atoms. The van der Waals surface area contributed by atoms with Crippen molar-refractivity contribution in [3.63, 3.8) is 0 Å². The molecule has 1 aromatic heterocycles. The van der Waals surface area contributed by atoms with Crippen molar-refractivity contribution >= 4 is 33.3 Å². The lowest BCUT2D eigenvalue weighted by Gasteiger charge is -2.11. The van der Waals surface area contributed by atoms with Crippen LogP contribution < -0.4 is 4.18 Å². The van der Waals surface area contributed by atoms with Crippen molar-refractivity contribution in [2.24, 2.45) is 0 Å². The minimum absolute atomic E-state index is 0.0360. The van der Waals surface area contributed by atoms with Crippen LogP contribution in [-0.4, -0.2) is 25.3 Å². The molecule has 6 nitrogen and oxygen atoms in total. The second-order valence-corrected chi connectivity index (χ2v) is 8.34. The molecule has 0 atom stereocenters. The van der Waals surface area contributed by atoms with Gasteiger partial charge in [-0.2, -0.15) is 31.4 Å². The van der Waals surface area contributed by atoms with Crippen molar-refractivity contribution in [3.8, 4) is 11.6 Å². The molecule has 1 heterocycles. The molecule has 0 amide bonds. The molecule has 0 saturated heterocycles. The summed E-state index contributed by atoms with van der Waals surface area (Å²) >= 11 is 11.9. The smallest absolute Gasteiger partial charge is 0.378 e. The molecule has 0 aliphatic rings. The Morgan fingerprint density at radius 2 is 1.80 bits per heavy atom. The van der Waals surface area contributed by atoms with Crippen LogP contribution in [0.15, 0.2) is 53.4 Å². The highest BCUT2D eigenvalue weighted by atomic mass is 35.5. The van der Waals surface area contributed by atoms with Gasteiger partial charge in [-0.1, -0.05) is 29.3 Å². The molecule has 12 heteroatoms. The van der Waals surface area contributed by atoms with E-state index >= 15 is 0 Å². The summed E-state index contributed by atoms with van der Waals surface area (Å²) in [5, 5.41) is 4.65. The average molecular weight is 481 g/mol. The third kappa shape index (κ3) is 4.89. The number of ether oxygens (including phenoxy) is 1. The molecule has 0 unspecified atom stereocenters. The van der Waals surface area contributed by atoms with Gasteiger partial charge in [-0.25, -0.2) is 0 Å². The van der Waals surface area contributed by atoms with Gasteiger partial charge in [0.05, 0.1) is 33.6 Å². The van der Waals surface area contributed by atoms with Gasteiger partial charge < -0.3 is 8.92 Å². The van der Waals surface area contributed by atoms with Crippen LogP contribution in [0.3, 0.4) is 0 Å². The summed E-state index contributed by atoms with van der Waals surface area (Å²) in [6.45, 7) is 0.0360. The van der Waals surface area contributed by atoms with Gasteiger partial charge in [0.2, 0.25) is 5.88 Å². The quantitative estimate of drug-likeness (QED) is 0.458. The van der Waals surface area contributed by atoms with E-state index in [-0.39, 0.29) is 22.5 Å². The first-order valence-corrected chi connectivity index (χ1v) is 10.3. The third-order valence-corrected chi connectivity index (χ3v) is 5.77. The molecule has 0 radical (unpaired) electrons. The molecule has 0 saturated carbocycles. The van der Waals surface area contributed by atoms with Gasteiger partial charge in [0.15, 0.2) is 0 Å². The van der Waals surface area contributed by atoms with Crippen LogP contribution in [0.1, 0.15) is 11.3 Å². The van der Waals surface area contributed by atoms with Crippen LogP contribution in [0.4, 0.5) is 13.2 Å². The number of alkyl halides is 3.